The van der Waals surface area contributed by atoms with Crippen molar-refractivity contribution in [3.05, 3.63) is 62.6 Å². The highest BCUT2D eigenvalue weighted by molar-refractivity contribution is 6.37. The molecule has 0 saturated carbocycles. The van der Waals surface area contributed by atoms with Gasteiger partial charge in [-0.05, 0) is 31.3 Å². The molecule has 1 amide bonds. The lowest BCUT2D eigenvalue weighted by molar-refractivity contribution is -0.132. The van der Waals surface area contributed by atoms with Crippen molar-refractivity contribution in [2.24, 2.45) is 0 Å². The molecule has 0 aromatic heterocycles. The Morgan fingerprint density at radius 2 is 1.74 bits per heavy atom. The van der Waals surface area contributed by atoms with Gasteiger partial charge in [-0.25, -0.2) is 0 Å². The van der Waals surface area contributed by atoms with Crippen molar-refractivity contribution in [2.45, 2.75) is 19.4 Å². The zero-order chi connectivity index (χ0) is 19.8. The van der Waals surface area contributed by atoms with E-state index in [2.05, 4.69) is 18.7 Å². The van der Waals surface area contributed by atoms with Crippen LogP contribution >= 0.6 is 34.8 Å². The first-order chi connectivity index (χ1) is 12.8. The number of hydrogen-bond acceptors (Lipinski definition) is 3. The Balaban J connectivity index is 2.13. The second-order valence-corrected chi connectivity index (χ2v) is 7.71. The monoisotopic (exact) mass is 426 g/mol. The molecule has 2 aromatic carbocycles. The van der Waals surface area contributed by atoms with Gasteiger partial charge < -0.3 is 14.9 Å². The van der Waals surface area contributed by atoms with Gasteiger partial charge in [0, 0.05) is 34.3 Å². The number of likely N-dealkylation sites (N-methyl/N-ethyl adjacent to an activating group) is 1. The molecule has 0 saturated heterocycles. The summed E-state index contributed by atoms with van der Waals surface area (Å²) in [6.07, 6.45) is 0. The summed E-state index contributed by atoms with van der Waals surface area (Å²) in [7, 11) is 0. The van der Waals surface area contributed by atoms with E-state index in [9.17, 15) is 9.90 Å². The van der Waals surface area contributed by atoms with E-state index >= 15 is 0 Å². The second-order valence-electron chi connectivity index (χ2n) is 6.46. The number of carbonyl (C=O) groups excluding carboxylic acids is 1. The predicted molar refractivity (Wildman–Crippen MR) is 111 cm³/mol. The molecule has 144 valence electrons. The first-order valence-electron chi connectivity index (χ1n) is 8.85. The summed E-state index contributed by atoms with van der Waals surface area (Å²) in [5.74, 6) is -0.470. The summed E-state index contributed by atoms with van der Waals surface area (Å²) < 4.78 is 0. The van der Waals surface area contributed by atoms with Crippen LogP contribution in [0.5, 0.6) is 0 Å². The smallest absolute Gasteiger partial charge is 0.268 e. The minimum absolute atomic E-state index is 0.235. The van der Waals surface area contributed by atoms with Gasteiger partial charge in [0.1, 0.15) is 0 Å². The predicted octanol–water partition coefficient (Wildman–Crippen LogP) is 4.57. The fourth-order valence-corrected chi connectivity index (χ4v) is 4.44. The van der Waals surface area contributed by atoms with Crippen LogP contribution in [0.2, 0.25) is 15.1 Å². The molecule has 1 aliphatic heterocycles. The molecule has 7 heteroatoms. The normalized spacial score (nSPS) is 19.1. The van der Waals surface area contributed by atoms with Crippen LogP contribution in [0.3, 0.4) is 0 Å². The van der Waals surface area contributed by atoms with Gasteiger partial charge >= 0.3 is 0 Å². The van der Waals surface area contributed by atoms with E-state index in [1.165, 1.54) is 6.07 Å². The number of amides is 1. The van der Waals surface area contributed by atoms with Gasteiger partial charge in [0.2, 0.25) is 0 Å². The van der Waals surface area contributed by atoms with E-state index in [1.54, 1.807) is 35.2 Å². The standard InChI is InChI=1S/C20H21Cl3N2O2/c1-3-24(4-2)9-10-25-17-12-13(21)11-16(23)18(17)20(27,19(25)26)14-7-5-6-8-15(14)22/h5-8,11-12,27H,3-4,9-10H2,1-2H3. The molecular formula is C20H21Cl3N2O2. The van der Waals surface area contributed by atoms with Crippen LogP contribution in [0.15, 0.2) is 36.4 Å². The fraction of sp³-hybridized carbons (Fsp3) is 0.350. The zero-order valence-corrected chi connectivity index (χ0v) is 17.4. The SMILES string of the molecule is CCN(CC)CCN1C(=O)C(O)(c2ccccc2Cl)c2c(Cl)cc(Cl)cc21. The summed E-state index contributed by atoms with van der Waals surface area (Å²) in [6.45, 7) is 6.96. The molecule has 3 rings (SSSR count). The van der Waals surface area contributed by atoms with Crippen molar-refractivity contribution in [1.29, 1.82) is 0 Å². The van der Waals surface area contributed by atoms with Crippen LogP contribution in [-0.4, -0.2) is 42.1 Å². The van der Waals surface area contributed by atoms with Gasteiger partial charge in [-0.15, -0.1) is 0 Å². The molecule has 1 N–H and O–H groups in total. The third kappa shape index (κ3) is 3.45. The summed E-state index contributed by atoms with van der Waals surface area (Å²) in [5.41, 5.74) is -0.788. The zero-order valence-electron chi connectivity index (χ0n) is 15.2. The van der Waals surface area contributed by atoms with Gasteiger partial charge in [-0.3, -0.25) is 4.79 Å². The van der Waals surface area contributed by atoms with Crippen LogP contribution in [0, 0.1) is 0 Å². The van der Waals surface area contributed by atoms with Crippen molar-refractivity contribution < 1.29 is 9.90 Å². The number of anilines is 1. The van der Waals surface area contributed by atoms with Crippen molar-refractivity contribution in [3.8, 4) is 0 Å². The highest BCUT2D eigenvalue weighted by atomic mass is 35.5. The van der Waals surface area contributed by atoms with Gasteiger partial charge in [0.05, 0.1) is 10.7 Å². The first-order valence-corrected chi connectivity index (χ1v) is 9.99. The lowest BCUT2D eigenvalue weighted by Crippen LogP contribution is -2.44. The number of benzene rings is 2. The number of halogens is 3. The average Bonchev–Trinajstić information content (AvgIpc) is 2.85. The lowest BCUT2D eigenvalue weighted by Gasteiger charge is -2.26. The summed E-state index contributed by atoms with van der Waals surface area (Å²) in [5, 5.41) is 12.5. The molecule has 0 radical (unpaired) electrons. The Hall–Kier alpha value is -1.30. The van der Waals surface area contributed by atoms with Gasteiger partial charge in [-0.2, -0.15) is 0 Å². The van der Waals surface area contributed by atoms with Crippen molar-refractivity contribution in [1.82, 2.24) is 4.90 Å². The van der Waals surface area contributed by atoms with Gasteiger partial charge in [0.25, 0.3) is 5.91 Å². The Kier molecular flexibility index (Phi) is 6.04. The maximum atomic E-state index is 13.4. The van der Waals surface area contributed by atoms with Crippen LogP contribution in [-0.2, 0) is 10.4 Å². The van der Waals surface area contributed by atoms with Gasteiger partial charge in [-0.1, -0.05) is 66.8 Å². The van der Waals surface area contributed by atoms with E-state index in [4.69, 9.17) is 34.8 Å². The number of hydrogen-bond donors (Lipinski definition) is 1. The minimum Gasteiger partial charge on any atom is -0.372 e. The average molecular weight is 428 g/mol. The molecule has 0 aliphatic carbocycles. The topological polar surface area (TPSA) is 43.8 Å². The number of nitrogens with zero attached hydrogens (tertiary/aromatic N) is 2. The maximum Gasteiger partial charge on any atom is 0.268 e. The molecule has 1 atom stereocenters. The third-order valence-electron chi connectivity index (χ3n) is 5.04. The molecular weight excluding hydrogens is 407 g/mol. The van der Waals surface area contributed by atoms with E-state index in [1.807, 2.05) is 0 Å². The van der Waals surface area contributed by atoms with E-state index in [-0.39, 0.29) is 5.02 Å². The highest BCUT2D eigenvalue weighted by Gasteiger charge is 2.53. The molecule has 1 heterocycles. The molecule has 2 aromatic rings. The fourth-order valence-electron chi connectivity index (χ4n) is 3.55. The third-order valence-corrected chi connectivity index (χ3v) is 5.89. The molecule has 1 unspecified atom stereocenters. The largest absolute Gasteiger partial charge is 0.372 e. The van der Waals surface area contributed by atoms with Crippen molar-refractivity contribution >= 4 is 46.4 Å². The van der Waals surface area contributed by atoms with Gasteiger partial charge in [0.15, 0.2) is 5.60 Å². The Morgan fingerprint density at radius 1 is 1.07 bits per heavy atom. The maximum absolute atomic E-state index is 13.4. The first kappa shape index (κ1) is 20.4. The van der Waals surface area contributed by atoms with E-state index < -0.39 is 11.5 Å². The summed E-state index contributed by atoms with van der Waals surface area (Å²) >= 11 is 18.9. The number of fused-ring (bicyclic) bond motifs is 1. The van der Waals surface area contributed by atoms with Crippen LogP contribution in [0.4, 0.5) is 5.69 Å². The molecule has 1 aliphatic rings. The van der Waals surface area contributed by atoms with E-state index in [0.29, 0.717) is 39.9 Å². The van der Waals surface area contributed by atoms with Crippen LogP contribution < -0.4 is 4.90 Å². The van der Waals surface area contributed by atoms with Crippen LogP contribution in [0.25, 0.3) is 0 Å². The Labute approximate surface area is 174 Å². The highest BCUT2D eigenvalue weighted by Crippen LogP contribution is 2.50. The minimum atomic E-state index is -1.95. The number of carbonyl (C=O) groups is 1. The van der Waals surface area contributed by atoms with E-state index in [0.717, 1.165) is 13.1 Å². The molecule has 0 fully saturated rings. The lowest BCUT2D eigenvalue weighted by atomic mass is 9.87. The van der Waals surface area contributed by atoms with Crippen molar-refractivity contribution in [2.75, 3.05) is 31.1 Å². The molecule has 4 nitrogen and oxygen atoms in total. The Morgan fingerprint density at radius 3 is 2.37 bits per heavy atom. The van der Waals surface area contributed by atoms with Crippen LogP contribution in [0.1, 0.15) is 25.0 Å². The molecule has 0 bridgehead atoms. The number of aliphatic hydroxyl groups is 1. The molecule has 0 spiro atoms. The quantitative estimate of drug-likeness (QED) is 0.734. The summed E-state index contributed by atoms with van der Waals surface area (Å²) in [6, 6.07) is 9.96. The summed E-state index contributed by atoms with van der Waals surface area (Å²) in [4.78, 5) is 17.1. The second kappa shape index (κ2) is 7.98. The number of rotatable bonds is 6. The Bertz CT molecular complexity index is 870. The van der Waals surface area contributed by atoms with Crippen molar-refractivity contribution in [3.63, 3.8) is 0 Å². The molecule has 27 heavy (non-hydrogen) atoms.